The molecule has 1 amide bonds. The van der Waals surface area contributed by atoms with Crippen molar-refractivity contribution in [2.75, 3.05) is 11.9 Å². The van der Waals surface area contributed by atoms with E-state index in [9.17, 15) is 18.4 Å². The highest BCUT2D eigenvalue weighted by Crippen LogP contribution is 2.36. The van der Waals surface area contributed by atoms with Gasteiger partial charge in [0.05, 0.1) is 6.61 Å². The summed E-state index contributed by atoms with van der Waals surface area (Å²) in [5, 5.41) is 4.89. The van der Waals surface area contributed by atoms with Crippen LogP contribution in [0.4, 0.5) is 13.8 Å². The van der Waals surface area contributed by atoms with Crippen molar-refractivity contribution in [2.24, 2.45) is 0 Å². The van der Waals surface area contributed by atoms with Crippen molar-refractivity contribution in [1.82, 2.24) is 0 Å². The molecule has 3 aromatic rings. The van der Waals surface area contributed by atoms with E-state index in [0.717, 1.165) is 5.56 Å². The first-order chi connectivity index (χ1) is 15.0. The largest absolute Gasteiger partial charge is 0.462 e. The van der Waals surface area contributed by atoms with Crippen molar-refractivity contribution >= 4 is 34.3 Å². The SMILES string of the molecule is CCOC(=O)c1c(-c2ccccc2)csc1NC(=O)C=Cc1ccc(OC(F)F)cc1. The van der Waals surface area contributed by atoms with Crippen LogP contribution in [0.1, 0.15) is 22.8 Å². The van der Waals surface area contributed by atoms with E-state index in [1.165, 1.54) is 35.6 Å². The second-order valence-electron chi connectivity index (χ2n) is 6.21. The van der Waals surface area contributed by atoms with Crippen LogP contribution in [0.3, 0.4) is 0 Å². The van der Waals surface area contributed by atoms with Crippen molar-refractivity contribution in [3.05, 3.63) is 77.2 Å². The van der Waals surface area contributed by atoms with Gasteiger partial charge in [0.1, 0.15) is 16.3 Å². The summed E-state index contributed by atoms with van der Waals surface area (Å²) in [6, 6.07) is 15.2. The number of nitrogens with one attached hydrogen (secondary N) is 1. The van der Waals surface area contributed by atoms with Crippen LogP contribution in [0.15, 0.2) is 66.1 Å². The van der Waals surface area contributed by atoms with Crippen LogP contribution in [0.2, 0.25) is 0 Å². The molecule has 0 fully saturated rings. The van der Waals surface area contributed by atoms with Gasteiger partial charge in [-0.3, -0.25) is 4.79 Å². The lowest BCUT2D eigenvalue weighted by Crippen LogP contribution is -2.12. The molecular formula is C23H19F2NO4S. The monoisotopic (exact) mass is 443 g/mol. The van der Waals surface area contributed by atoms with Gasteiger partial charge in [-0.05, 0) is 36.3 Å². The fourth-order valence-electron chi connectivity index (χ4n) is 2.77. The fraction of sp³-hybridized carbons (Fsp3) is 0.130. The minimum atomic E-state index is -2.90. The number of hydrogen-bond donors (Lipinski definition) is 1. The highest BCUT2D eigenvalue weighted by atomic mass is 32.1. The molecule has 0 atom stereocenters. The van der Waals surface area contributed by atoms with Gasteiger partial charge in [0.2, 0.25) is 5.91 Å². The maximum atomic E-state index is 12.5. The first kappa shape index (κ1) is 22.2. The highest BCUT2D eigenvalue weighted by Gasteiger charge is 2.22. The molecule has 0 radical (unpaired) electrons. The summed E-state index contributed by atoms with van der Waals surface area (Å²) >= 11 is 1.23. The van der Waals surface area contributed by atoms with Crippen molar-refractivity contribution < 1.29 is 27.8 Å². The van der Waals surface area contributed by atoms with Crippen LogP contribution < -0.4 is 10.1 Å². The topological polar surface area (TPSA) is 64.6 Å². The lowest BCUT2D eigenvalue weighted by atomic mass is 10.0. The van der Waals surface area contributed by atoms with Crippen LogP contribution in [0.25, 0.3) is 17.2 Å². The van der Waals surface area contributed by atoms with Crippen molar-refractivity contribution in [3.63, 3.8) is 0 Å². The van der Waals surface area contributed by atoms with Gasteiger partial charge in [-0.25, -0.2) is 4.79 Å². The summed E-state index contributed by atoms with van der Waals surface area (Å²) in [7, 11) is 0. The Labute approximate surface area is 181 Å². The molecule has 0 saturated carbocycles. The molecule has 160 valence electrons. The second kappa shape index (κ2) is 10.5. The molecule has 1 N–H and O–H groups in total. The number of esters is 1. The predicted octanol–water partition coefficient (Wildman–Crippen LogP) is 5.85. The van der Waals surface area contributed by atoms with Crippen LogP contribution >= 0.6 is 11.3 Å². The Kier molecular flexibility index (Phi) is 7.50. The van der Waals surface area contributed by atoms with Crippen molar-refractivity contribution in [1.29, 1.82) is 0 Å². The Balaban J connectivity index is 1.77. The molecule has 0 spiro atoms. The molecule has 3 rings (SSSR count). The number of hydrogen-bond acceptors (Lipinski definition) is 5. The lowest BCUT2D eigenvalue weighted by molar-refractivity contribution is -0.111. The molecule has 0 aliphatic carbocycles. The van der Waals surface area contributed by atoms with Crippen LogP contribution in [0, 0.1) is 0 Å². The number of benzene rings is 2. The van der Waals surface area contributed by atoms with Gasteiger partial charge in [-0.15, -0.1) is 11.3 Å². The molecule has 31 heavy (non-hydrogen) atoms. The van der Waals surface area contributed by atoms with Gasteiger partial charge in [0.25, 0.3) is 0 Å². The molecule has 1 heterocycles. The minimum Gasteiger partial charge on any atom is -0.462 e. The number of anilines is 1. The summed E-state index contributed by atoms with van der Waals surface area (Å²) in [5.74, 6) is -0.931. The lowest BCUT2D eigenvalue weighted by Gasteiger charge is -2.08. The standard InChI is InChI=1S/C23H19F2NO4S/c1-2-29-22(28)20-18(16-6-4-3-5-7-16)14-31-21(20)26-19(27)13-10-15-8-11-17(12-9-15)30-23(24)25/h3-14,23H,2H2,1H3,(H,26,27). The third-order valence-electron chi connectivity index (χ3n) is 4.12. The molecule has 5 nitrogen and oxygen atoms in total. The third kappa shape index (κ3) is 5.99. The smallest absolute Gasteiger partial charge is 0.387 e. The van der Waals surface area contributed by atoms with Crippen LogP contribution in [0.5, 0.6) is 5.75 Å². The third-order valence-corrected chi connectivity index (χ3v) is 5.02. The number of thiophene rings is 1. The first-order valence-corrected chi connectivity index (χ1v) is 10.2. The molecule has 2 aromatic carbocycles. The minimum absolute atomic E-state index is 0.0303. The predicted molar refractivity (Wildman–Crippen MR) is 116 cm³/mol. The van der Waals surface area contributed by atoms with Crippen molar-refractivity contribution in [2.45, 2.75) is 13.5 Å². The van der Waals surface area contributed by atoms with E-state index in [4.69, 9.17) is 4.74 Å². The van der Waals surface area contributed by atoms with E-state index >= 15 is 0 Å². The number of alkyl halides is 2. The zero-order chi connectivity index (χ0) is 22.2. The normalized spacial score (nSPS) is 11.0. The highest BCUT2D eigenvalue weighted by molar-refractivity contribution is 7.15. The van der Waals surface area contributed by atoms with E-state index in [-0.39, 0.29) is 12.4 Å². The van der Waals surface area contributed by atoms with E-state index in [2.05, 4.69) is 10.1 Å². The molecule has 0 unspecified atom stereocenters. The van der Waals surface area contributed by atoms with Gasteiger partial charge in [0.15, 0.2) is 0 Å². The summed E-state index contributed by atoms with van der Waals surface area (Å²) in [5.41, 5.74) is 2.44. The van der Waals surface area contributed by atoms with Gasteiger partial charge in [-0.2, -0.15) is 8.78 Å². The van der Waals surface area contributed by atoms with Crippen LogP contribution in [-0.4, -0.2) is 25.1 Å². The van der Waals surface area contributed by atoms with Gasteiger partial charge in [0, 0.05) is 17.0 Å². The molecular weight excluding hydrogens is 424 g/mol. The molecule has 0 aliphatic rings. The quantitative estimate of drug-likeness (QED) is 0.351. The Bertz CT molecular complexity index is 1060. The van der Waals surface area contributed by atoms with Gasteiger partial charge in [-0.1, -0.05) is 42.5 Å². The Morgan fingerprint density at radius 1 is 1.10 bits per heavy atom. The Morgan fingerprint density at radius 3 is 2.45 bits per heavy atom. The van der Waals surface area contributed by atoms with Crippen LogP contribution in [-0.2, 0) is 9.53 Å². The second-order valence-corrected chi connectivity index (χ2v) is 7.09. The zero-order valence-corrected chi connectivity index (χ0v) is 17.3. The Hall–Kier alpha value is -3.52. The molecule has 8 heteroatoms. The summed E-state index contributed by atoms with van der Waals surface area (Å²) < 4.78 is 33.9. The maximum absolute atomic E-state index is 12.5. The summed E-state index contributed by atoms with van der Waals surface area (Å²) in [6.07, 6.45) is 2.82. The Morgan fingerprint density at radius 2 is 1.81 bits per heavy atom. The molecule has 1 aromatic heterocycles. The van der Waals surface area contributed by atoms with Crippen molar-refractivity contribution in [3.8, 4) is 16.9 Å². The number of rotatable bonds is 8. The number of amides is 1. The zero-order valence-electron chi connectivity index (χ0n) is 16.5. The van der Waals surface area contributed by atoms with E-state index < -0.39 is 18.5 Å². The number of carbonyl (C=O) groups excluding carboxylic acids is 2. The first-order valence-electron chi connectivity index (χ1n) is 9.36. The number of halogens is 2. The van der Waals surface area contributed by atoms with Gasteiger partial charge < -0.3 is 14.8 Å². The molecule has 0 saturated heterocycles. The van der Waals surface area contributed by atoms with Gasteiger partial charge >= 0.3 is 12.6 Å². The summed E-state index contributed by atoms with van der Waals surface area (Å²) in [4.78, 5) is 24.9. The number of ether oxygens (including phenoxy) is 2. The summed E-state index contributed by atoms with van der Waals surface area (Å²) in [6.45, 7) is -0.973. The fourth-order valence-corrected chi connectivity index (χ4v) is 3.73. The van der Waals surface area contributed by atoms with E-state index in [1.54, 1.807) is 24.4 Å². The number of carbonyl (C=O) groups is 2. The van der Waals surface area contributed by atoms with E-state index in [0.29, 0.717) is 21.7 Å². The maximum Gasteiger partial charge on any atom is 0.387 e. The van der Waals surface area contributed by atoms with E-state index in [1.807, 2.05) is 30.3 Å². The average molecular weight is 443 g/mol. The molecule has 0 bridgehead atoms. The average Bonchev–Trinajstić information content (AvgIpc) is 3.17. The molecule has 0 aliphatic heterocycles.